The smallest absolute Gasteiger partial charge is 0.0708 e. The van der Waals surface area contributed by atoms with Crippen LogP contribution in [0.3, 0.4) is 0 Å². The van der Waals surface area contributed by atoms with Gasteiger partial charge in [-0.2, -0.15) is 0 Å². The van der Waals surface area contributed by atoms with E-state index >= 15 is 0 Å². The number of fused-ring (bicyclic) bond motifs is 4. The van der Waals surface area contributed by atoms with Crippen LogP contribution in [0.15, 0.2) is 128 Å². The highest BCUT2D eigenvalue weighted by Gasteiger charge is 2.15. The maximum absolute atomic E-state index is 4.86. The molecule has 0 aliphatic heterocycles. The van der Waals surface area contributed by atoms with E-state index in [1.165, 1.54) is 74.4 Å². The van der Waals surface area contributed by atoms with Crippen molar-refractivity contribution < 1.29 is 0 Å². The molecule has 180 valence electrons. The average molecular weight is 512 g/mol. The van der Waals surface area contributed by atoms with Crippen LogP contribution in [0.25, 0.3) is 85.6 Å². The number of pyridine rings is 1. The lowest BCUT2D eigenvalue weighted by atomic mass is 9.92. The third kappa shape index (κ3) is 3.10. The van der Waals surface area contributed by atoms with Crippen LogP contribution in [0.5, 0.6) is 0 Å². The Kier molecular flexibility index (Phi) is 4.27. The minimum Gasteiger partial charge on any atom is -0.256 e. The van der Waals surface area contributed by atoms with Crippen LogP contribution >= 0.6 is 11.3 Å². The third-order valence-corrected chi connectivity index (χ3v) is 9.34. The van der Waals surface area contributed by atoms with Crippen LogP contribution in [0, 0.1) is 0 Å². The molecule has 0 aliphatic rings. The third-order valence-electron chi connectivity index (χ3n) is 8.22. The topological polar surface area (TPSA) is 12.9 Å². The minimum atomic E-state index is 1.00. The molecule has 0 radical (unpaired) electrons. The van der Waals surface area contributed by atoms with Gasteiger partial charge in [-0.05, 0) is 85.2 Å². The van der Waals surface area contributed by atoms with Gasteiger partial charge in [0.15, 0.2) is 0 Å². The molecule has 9 aromatic rings. The highest BCUT2D eigenvalue weighted by molar-refractivity contribution is 7.26. The first kappa shape index (κ1) is 21.2. The zero-order chi connectivity index (χ0) is 25.5. The Morgan fingerprint density at radius 2 is 1.15 bits per heavy atom. The number of hydrogen-bond donors (Lipinski definition) is 0. The Balaban J connectivity index is 1.24. The normalized spacial score (nSPS) is 12.1. The summed E-state index contributed by atoms with van der Waals surface area (Å²) >= 11 is 1.89. The van der Waals surface area contributed by atoms with Crippen LogP contribution in [0.2, 0.25) is 0 Å². The minimum absolute atomic E-state index is 1.00. The van der Waals surface area contributed by atoms with Crippen molar-refractivity contribution in [1.82, 2.24) is 4.98 Å². The molecular formula is C37H21NS. The van der Waals surface area contributed by atoms with E-state index in [-0.39, 0.29) is 0 Å². The highest BCUT2D eigenvalue weighted by Crippen LogP contribution is 2.44. The lowest BCUT2D eigenvalue weighted by molar-refractivity contribution is 1.36. The largest absolute Gasteiger partial charge is 0.256 e. The lowest BCUT2D eigenvalue weighted by Gasteiger charge is -2.12. The number of nitrogens with zero attached hydrogens (tertiary/aromatic N) is 1. The molecular weight excluding hydrogens is 490 g/mol. The van der Waals surface area contributed by atoms with E-state index < -0.39 is 0 Å². The van der Waals surface area contributed by atoms with Gasteiger partial charge in [0.1, 0.15) is 0 Å². The fraction of sp³-hybridized carbons (Fsp3) is 0. The first-order valence-electron chi connectivity index (χ1n) is 13.3. The summed E-state index contributed by atoms with van der Waals surface area (Å²) in [5, 5.41) is 12.8. The maximum Gasteiger partial charge on any atom is 0.0708 e. The predicted molar refractivity (Wildman–Crippen MR) is 169 cm³/mol. The first-order chi connectivity index (χ1) is 19.3. The molecule has 39 heavy (non-hydrogen) atoms. The van der Waals surface area contributed by atoms with Crippen LogP contribution in [-0.4, -0.2) is 4.98 Å². The Labute approximate surface area is 228 Å². The number of hydrogen-bond acceptors (Lipinski definition) is 2. The predicted octanol–water partition coefficient (Wildman–Crippen LogP) is 10.8. The van der Waals surface area contributed by atoms with Gasteiger partial charge in [-0.15, -0.1) is 11.3 Å². The van der Waals surface area contributed by atoms with E-state index in [1.54, 1.807) is 0 Å². The fourth-order valence-electron chi connectivity index (χ4n) is 6.34. The summed E-state index contributed by atoms with van der Waals surface area (Å²) in [6.45, 7) is 0. The molecule has 0 N–H and O–H groups in total. The van der Waals surface area contributed by atoms with E-state index in [1.807, 2.05) is 17.5 Å². The van der Waals surface area contributed by atoms with Crippen molar-refractivity contribution >= 4 is 74.6 Å². The molecule has 0 atom stereocenters. The van der Waals surface area contributed by atoms with Crippen molar-refractivity contribution in [2.75, 3.05) is 0 Å². The van der Waals surface area contributed by atoms with Gasteiger partial charge in [-0.25, -0.2) is 0 Å². The van der Waals surface area contributed by atoms with Crippen molar-refractivity contribution in [1.29, 1.82) is 0 Å². The highest BCUT2D eigenvalue weighted by atomic mass is 32.1. The maximum atomic E-state index is 4.86. The standard InChI is InChI=1S/C37H21NS/c1-2-7-29-23(5-1)13-16-27-21-38-33(20-32(27)29)25-15-12-22-11-14-24(17-28(22)18-25)31-19-26-6-3-9-34-36(26)37-30(31)8-4-10-35(37)39-34/h1-21H. The van der Waals surface area contributed by atoms with E-state index in [2.05, 4.69) is 121 Å². The van der Waals surface area contributed by atoms with E-state index in [9.17, 15) is 0 Å². The monoisotopic (exact) mass is 511 g/mol. The molecule has 0 fully saturated rings. The fourth-order valence-corrected chi connectivity index (χ4v) is 7.51. The summed E-state index contributed by atoms with van der Waals surface area (Å²) in [5.41, 5.74) is 4.68. The van der Waals surface area contributed by atoms with Gasteiger partial charge < -0.3 is 0 Å². The van der Waals surface area contributed by atoms with E-state index in [0.29, 0.717) is 0 Å². The average Bonchev–Trinajstić information content (AvgIpc) is 3.39. The molecule has 2 aromatic heterocycles. The number of benzene rings is 7. The zero-order valence-corrected chi connectivity index (χ0v) is 21.8. The number of aromatic nitrogens is 1. The van der Waals surface area contributed by atoms with Gasteiger partial charge in [-0.3, -0.25) is 4.98 Å². The van der Waals surface area contributed by atoms with Crippen LogP contribution in [0.4, 0.5) is 0 Å². The molecule has 0 bridgehead atoms. The van der Waals surface area contributed by atoms with Gasteiger partial charge in [0.05, 0.1) is 5.69 Å². The molecule has 0 amide bonds. The van der Waals surface area contributed by atoms with Crippen LogP contribution in [-0.2, 0) is 0 Å². The van der Waals surface area contributed by atoms with Crippen molar-refractivity contribution in [2.24, 2.45) is 0 Å². The van der Waals surface area contributed by atoms with Gasteiger partial charge in [-0.1, -0.05) is 84.9 Å². The van der Waals surface area contributed by atoms with Crippen molar-refractivity contribution in [2.45, 2.75) is 0 Å². The quantitative estimate of drug-likeness (QED) is 0.210. The van der Waals surface area contributed by atoms with Gasteiger partial charge in [0, 0.05) is 37.3 Å². The van der Waals surface area contributed by atoms with Crippen molar-refractivity contribution in [3.63, 3.8) is 0 Å². The second-order valence-corrected chi connectivity index (χ2v) is 11.5. The number of rotatable bonds is 2. The summed E-state index contributed by atoms with van der Waals surface area (Å²) in [7, 11) is 0. The summed E-state index contributed by atoms with van der Waals surface area (Å²) in [4.78, 5) is 4.86. The zero-order valence-electron chi connectivity index (χ0n) is 21.0. The van der Waals surface area contributed by atoms with Gasteiger partial charge >= 0.3 is 0 Å². The van der Waals surface area contributed by atoms with E-state index in [0.717, 1.165) is 11.3 Å². The van der Waals surface area contributed by atoms with Crippen molar-refractivity contribution in [3.8, 4) is 22.4 Å². The van der Waals surface area contributed by atoms with Crippen LogP contribution in [0.1, 0.15) is 0 Å². The molecule has 0 saturated heterocycles. The lowest BCUT2D eigenvalue weighted by Crippen LogP contribution is -1.87. The first-order valence-corrected chi connectivity index (χ1v) is 14.1. The van der Waals surface area contributed by atoms with Gasteiger partial charge in [0.25, 0.3) is 0 Å². The molecule has 1 nitrogen and oxygen atoms in total. The summed E-state index contributed by atoms with van der Waals surface area (Å²) in [5.74, 6) is 0. The Morgan fingerprint density at radius 1 is 0.436 bits per heavy atom. The van der Waals surface area contributed by atoms with Crippen molar-refractivity contribution in [3.05, 3.63) is 128 Å². The molecule has 2 heteroatoms. The second kappa shape index (κ2) is 7.86. The summed E-state index contributed by atoms with van der Waals surface area (Å²) < 4.78 is 2.72. The Morgan fingerprint density at radius 3 is 2.10 bits per heavy atom. The summed E-state index contributed by atoms with van der Waals surface area (Å²) in [6, 6.07) is 44.5. The second-order valence-electron chi connectivity index (χ2n) is 10.4. The number of thiophene rings is 1. The molecule has 0 spiro atoms. The SMILES string of the molecule is c1ccc2c(c1)ccc1cnc(-c3ccc4ccc(-c5cc6cccc7sc8cccc5c8c67)cc4c3)cc12. The molecule has 0 saturated carbocycles. The Bertz CT molecular complexity index is 2390. The van der Waals surface area contributed by atoms with Crippen LogP contribution < -0.4 is 0 Å². The summed E-state index contributed by atoms with van der Waals surface area (Å²) in [6.07, 6.45) is 2.00. The molecule has 0 unspecified atom stereocenters. The van der Waals surface area contributed by atoms with E-state index in [4.69, 9.17) is 4.98 Å². The molecule has 0 aliphatic carbocycles. The molecule has 7 aromatic carbocycles. The molecule has 9 rings (SSSR count). The molecule has 2 heterocycles. The Hall–Kier alpha value is -4.79. The van der Waals surface area contributed by atoms with Gasteiger partial charge in [0.2, 0.25) is 0 Å².